The van der Waals surface area contributed by atoms with Gasteiger partial charge in [0, 0.05) is 34.2 Å². The van der Waals surface area contributed by atoms with Crippen molar-refractivity contribution in [2.24, 2.45) is 0 Å². The molecule has 7 nitrogen and oxygen atoms in total. The van der Waals surface area contributed by atoms with Crippen molar-refractivity contribution in [3.63, 3.8) is 0 Å². The van der Waals surface area contributed by atoms with E-state index >= 15 is 0 Å². The number of benzene rings is 1. The Morgan fingerprint density at radius 3 is 2.76 bits per heavy atom. The Morgan fingerprint density at radius 2 is 2.16 bits per heavy atom. The van der Waals surface area contributed by atoms with Crippen molar-refractivity contribution in [2.75, 3.05) is 43.6 Å². The van der Waals surface area contributed by atoms with E-state index in [0.717, 1.165) is 13.0 Å². The van der Waals surface area contributed by atoms with Gasteiger partial charge in [-0.1, -0.05) is 0 Å². The summed E-state index contributed by atoms with van der Waals surface area (Å²) in [6, 6.07) is 4.68. The lowest BCUT2D eigenvalue weighted by atomic mass is 10.2. The number of amides is 2. The Morgan fingerprint density at radius 1 is 1.40 bits per heavy atom. The van der Waals surface area contributed by atoms with E-state index in [1.165, 1.54) is 22.8 Å². The monoisotopic (exact) mass is 351 g/mol. The molecule has 0 aromatic heterocycles. The summed E-state index contributed by atoms with van der Waals surface area (Å²) in [5, 5.41) is 0. The third kappa shape index (κ3) is 3.39. The van der Waals surface area contributed by atoms with E-state index in [1.54, 1.807) is 26.3 Å². The van der Waals surface area contributed by atoms with Gasteiger partial charge in [-0.25, -0.2) is 9.18 Å². The van der Waals surface area contributed by atoms with Gasteiger partial charge in [0.15, 0.2) is 6.23 Å². The number of hydrogen-bond donors (Lipinski definition) is 0. The number of carbonyl (C=O) groups excluding carboxylic acids is 2. The highest BCUT2D eigenvalue weighted by Gasteiger charge is 2.36. The van der Waals surface area contributed by atoms with Crippen LogP contribution in [0.15, 0.2) is 18.2 Å². The molecular weight excluding hydrogens is 329 g/mol. The molecule has 2 fully saturated rings. The number of methoxy groups -OCH3 is 1. The number of carbonyl (C=O) groups is 2. The van der Waals surface area contributed by atoms with Gasteiger partial charge in [-0.15, -0.1) is 0 Å². The standard InChI is InChI=1S/C17H22FN3O4/c1-11(22)19(2)16-10-21(17(23)25-16)12-4-5-15(14(18)8-12)20-7-6-13(9-20)24-3/h4-5,8,13,16H,6-7,9-10H2,1-3H3. The predicted molar refractivity (Wildman–Crippen MR) is 90.1 cm³/mol. The zero-order valence-electron chi connectivity index (χ0n) is 14.6. The molecule has 0 aliphatic carbocycles. The van der Waals surface area contributed by atoms with Crippen LogP contribution >= 0.6 is 0 Å². The van der Waals surface area contributed by atoms with Crippen LogP contribution in [0, 0.1) is 5.82 Å². The fourth-order valence-corrected chi connectivity index (χ4v) is 3.12. The van der Waals surface area contributed by atoms with Gasteiger partial charge in [-0.3, -0.25) is 9.69 Å². The first-order valence-corrected chi connectivity index (χ1v) is 8.19. The van der Waals surface area contributed by atoms with Gasteiger partial charge in [0.25, 0.3) is 0 Å². The molecular formula is C17H22FN3O4. The summed E-state index contributed by atoms with van der Waals surface area (Å²) in [5.41, 5.74) is 0.904. The zero-order chi connectivity index (χ0) is 18.1. The topological polar surface area (TPSA) is 62.3 Å². The van der Waals surface area contributed by atoms with Gasteiger partial charge < -0.3 is 19.3 Å². The highest BCUT2D eigenvalue weighted by atomic mass is 19.1. The molecule has 0 N–H and O–H groups in total. The van der Waals surface area contributed by atoms with Crippen LogP contribution in [0.3, 0.4) is 0 Å². The molecule has 0 bridgehead atoms. The minimum Gasteiger partial charge on any atom is -0.423 e. The largest absolute Gasteiger partial charge is 0.423 e. The Bertz CT molecular complexity index is 684. The van der Waals surface area contributed by atoms with Crippen LogP contribution < -0.4 is 9.80 Å². The van der Waals surface area contributed by atoms with Crippen LogP contribution in [0.25, 0.3) is 0 Å². The van der Waals surface area contributed by atoms with Gasteiger partial charge in [0.05, 0.1) is 24.0 Å². The van der Waals surface area contributed by atoms with Crippen molar-refractivity contribution in [3.8, 4) is 0 Å². The average Bonchev–Trinajstić information content (AvgIpc) is 3.20. The molecule has 25 heavy (non-hydrogen) atoms. The highest BCUT2D eigenvalue weighted by Crippen LogP contribution is 2.30. The fraction of sp³-hybridized carbons (Fsp3) is 0.529. The summed E-state index contributed by atoms with van der Waals surface area (Å²) in [6.07, 6.45) is -0.301. The Balaban J connectivity index is 1.75. The predicted octanol–water partition coefficient (Wildman–Crippen LogP) is 1.81. The number of halogens is 1. The normalized spacial score (nSPS) is 23.1. The number of rotatable bonds is 4. The third-order valence-corrected chi connectivity index (χ3v) is 4.79. The van der Waals surface area contributed by atoms with Gasteiger partial charge in [-0.2, -0.15) is 0 Å². The minimum absolute atomic E-state index is 0.107. The molecule has 2 saturated heterocycles. The van der Waals surface area contributed by atoms with Crippen LogP contribution in [0.5, 0.6) is 0 Å². The van der Waals surface area contributed by atoms with Crippen molar-refractivity contribution in [3.05, 3.63) is 24.0 Å². The maximum Gasteiger partial charge on any atom is 0.416 e. The van der Waals surface area contributed by atoms with E-state index in [0.29, 0.717) is 17.9 Å². The molecule has 0 spiro atoms. The van der Waals surface area contributed by atoms with E-state index in [2.05, 4.69) is 0 Å². The van der Waals surface area contributed by atoms with Gasteiger partial charge in [0.1, 0.15) is 5.82 Å². The van der Waals surface area contributed by atoms with Crippen LogP contribution in [0.2, 0.25) is 0 Å². The number of nitrogens with zero attached hydrogens (tertiary/aromatic N) is 3. The molecule has 2 amide bonds. The Kier molecular flexibility index (Phi) is 4.80. The fourth-order valence-electron chi connectivity index (χ4n) is 3.12. The van der Waals surface area contributed by atoms with Crippen molar-refractivity contribution in [2.45, 2.75) is 25.7 Å². The first-order valence-electron chi connectivity index (χ1n) is 8.19. The SMILES string of the molecule is COC1CCN(c2ccc(N3CC(N(C)C(C)=O)OC3=O)cc2F)C1. The maximum absolute atomic E-state index is 14.6. The molecule has 136 valence electrons. The molecule has 1 aromatic rings. The van der Waals surface area contributed by atoms with E-state index in [4.69, 9.17) is 9.47 Å². The second-order valence-electron chi connectivity index (χ2n) is 6.31. The summed E-state index contributed by atoms with van der Waals surface area (Å²) >= 11 is 0. The summed E-state index contributed by atoms with van der Waals surface area (Å²) in [5.74, 6) is -0.603. The van der Waals surface area contributed by atoms with E-state index in [9.17, 15) is 14.0 Å². The highest BCUT2D eigenvalue weighted by molar-refractivity contribution is 5.90. The first kappa shape index (κ1) is 17.5. The number of hydrogen-bond acceptors (Lipinski definition) is 5. The Labute approximate surface area is 145 Å². The molecule has 3 rings (SSSR count). The van der Waals surface area contributed by atoms with Crippen molar-refractivity contribution in [1.29, 1.82) is 0 Å². The summed E-state index contributed by atoms with van der Waals surface area (Å²) < 4.78 is 25.1. The third-order valence-electron chi connectivity index (χ3n) is 4.79. The number of likely N-dealkylation sites (N-methyl/N-ethyl adjacent to an activating group) is 1. The molecule has 2 aliphatic heterocycles. The van der Waals surface area contributed by atoms with Crippen LogP contribution in [-0.4, -0.2) is 63.0 Å². The van der Waals surface area contributed by atoms with Crippen molar-refractivity contribution < 1.29 is 23.5 Å². The number of anilines is 2. The van der Waals surface area contributed by atoms with Gasteiger partial charge >= 0.3 is 6.09 Å². The lowest BCUT2D eigenvalue weighted by Crippen LogP contribution is -2.38. The van der Waals surface area contributed by atoms with Gasteiger partial charge in [-0.05, 0) is 24.6 Å². The number of cyclic esters (lactones) is 1. The van der Waals surface area contributed by atoms with Crippen LogP contribution in [0.4, 0.5) is 20.6 Å². The van der Waals surface area contributed by atoms with E-state index < -0.39 is 18.1 Å². The second kappa shape index (κ2) is 6.87. The van der Waals surface area contributed by atoms with Crippen LogP contribution in [-0.2, 0) is 14.3 Å². The number of ether oxygens (including phenoxy) is 2. The van der Waals surface area contributed by atoms with Crippen molar-refractivity contribution in [1.82, 2.24) is 4.90 Å². The van der Waals surface area contributed by atoms with Crippen LogP contribution in [0.1, 0.15) is 13.3 Å². The smallest absolute Gasteiger partial charge is 0.416 e. The van der Waals surface area contributed by atoms with E-state index in [1.807, 2.05) is 4.90 Å². The molecule has 8 heteroatoms. The van der Waals surface area contributed by atoms with Crippen molar-refractivity contribution >= 4 is 23.4 Å². The molecule has 2 unspecified atom stereocenters. The molecule has 2 aliphatic rings. The maximum atomic E-state index is 14.6. The first-order chi connectivity index (χ1) is 11.9. The van der Waals surface area contributed by atoms with E-state index in [-0.39, 0.29) is 18.6 Å². The second-order valence-corrected chi connectivity index (χ2v) is 6.31. The molecule has 0 radical (unpaired) electrons. The minimum atomic E-state index is -0.672. The average molecular weight is 351 g/mol. The zero-order valence-corrected chi connectivity index (χ0v) is 14.6. The molecule has 2 heterocycles. The molecule has 1 aromatic carbocycles. The lowest BCUT2D eigenvalue weighted by Gasteiger charge is -2.22. The molecule has 2 atom stereocenters. The van der Waals surface area contributed by atoms with Gasteiger partial charge in [0.2, 0.25) is 5.91 Å². The summed E-state index contributed by atoms with van der Waals surface area (Å²) in [4.78, 5) is 28.1. The molecule has 0 saturated carbocycles. The Hall–Kier alpha value is -2.35. The summed E-state index contributed by atoms with van der Waals surface area (Å²) in [7, 11) is 3.22. The summed E-state index contributed by atoms with van der Waals surface area (Å²) in [6.45, 7) is 2.94. The lowest BCUT2D eigenvalue weighted by molar-refractivity contribution is -0.134. The quantitative estimate of drug-likeness (QED) is 0.828.